The Kier molecular flexibility index (Phi) is 5.73. The Morgan fingerprint density at radius 1 is 1.45 bits per heavy atom. The highest BCUT2D eigenvalue weighted by Gasteiger charge is 2.17. The third kappa shape index (κ3) is 4.29. The maximum Gasteiger partial charge on any atom is 0.238 e. The van der Waals surface area contributed by atoms with Gasteiger partial charge in [-0.25, -0.2) is 13.6 Å². The molecule has 1 aromatic rings. The van der Waals surface area contributed by atoms with E-state index in [1.165, 1.54) is 6.07 Å². The molecule has 1 amide bonds. The van der Waals surface area contributed by atoms with Crippen molar-refractivity contribution in [3.63, 3.8) is 0 Å². The van der Waals surface area contributed by atoms with Crippen molar-refractivity contribution >= 4 is 37.5 Å². The largest absolute Gasteiger partial charge is 0.325 e. The molecule has 0 fully saturated rings. The highest BCUT2D eigenvalue weighted by atomic mass is 79.9. The summed E-state index contributed by atoms with van der Waals surface area (Å²) in [4.78, 5) is 12.0. The maximum atomic E-state index is 12.0. The molecule has 1 rings (SSSR count). The number of primary sulfonamides is 1. The van der Waals surface area contributed by atoms with Crippen LogP contribution in [0.5, 0.6) is 0 Å². The number of halogens is 1. The first-order valence-corrected chi connectivity index (χ1v) is 8.64. The third-order valence-electron chi connectivity index (χ3n) is 3.00. The van der Waals surface area contributed by atoms with Gasteiger partial charge >= 0.3 is 0 Å². The van der Waals surface area contributed by atoms with E-state index in [2.05, 4.69) is 21.2 Å². The number of anilines is 1. The van der Waals surface area contributed by atoms with Gasteiger partial charge in [0.25, 0.3) is 0 Å². The molecule has 0 aliphatic heterocycles. The van der Waals surface area contributed by atoms with E-state index in [0.29, 0.717) is 15.7 Å². The molecule has 0 heterocycles. The number of carbonyl (C=O) groups excluding carboxylic acids is 1. The average molecular weight is 363 g/mol. The number of hydrogen-bond acceptors (Lipinski definition) is 3. The molecule has 112 valence electrons. The van der Waals surface area contributed by atoms with Crippen LogP contribution in [0.4, 0.5) is 5.69 Å². The van der Waals surface area contributed by atoms with E-state index in [9.17, 15) is 13.2 Å². The number of aryl methyl sites for hydroxylation is 1. The normalized spacial score (nSPS) is 13.1. The molecular formula is C13H19BrN2O3S. The minimum atomic E-state index is -3.77. The highest BCUT2D eigenvalue weighted by molar-refractivity contribution is 9.10. The standard InChI is InChI=1S/C13H19BrN2O3S/c1-4-5-8(2)13(17)16-11-6-9(3)12(7-10(11)14)20(15,18)19/h6-8H,4-5H2,1-3H3,(H,16,17)(H2,15,18,19). The Hall–Kier alpha value is -0.920. The fraction of sp³-hybridized carbons (Fsp3) is 0.462. The first-order valence-electron chi connectivity index (χ1n) is 6.30. The molecule has 0 aliphatic carbocycles. The Morgan fingerprint density at radius 2 is 2.05 bits per heavy atom. The van der Waals surface area contributed by atoms with E-state index in [1.54, 1.807) is 13.0 Å². The number of nitrogens with one attached hydrogen (secondary N) is 1. The lowest BCUT2D eigenvalue weighted by Crippen LogP contribution is -2.21. The maximum absolute atomic E-state index is 12.0. The minimum absolute atomic E-state index is 0.0454. The van der Waals surface area contributed by atoms with Gasteiger partial charge in [0.15, 0.2) is 0 Å². The predicted molar refractivity (Wildman–Crippen MR) is 83.0 cm³/mol. The van der Waals surface area contributed by atoms with Crippen LogP contribution in [0.15, 0.2) is 21.5 Å². The Bertz CT molecular complexity index is 614. The predicted octanol–water partition coefficient (Wildman–Crippen LogP) is 2.78. The molecule has 1 aromatic carbocycles. The summed E-state index contributed by atoms with van der Waals surface area (Å²) in [6.45, 7) is 5.51. The molecule has 0 saturated heterocycles. The third-order valence-corrected chi connectivity index (χ3v) is 4.71. The lowest BCUT2D eigenvalue weighted by Gasteiger charge is -2.14. The number of benzene rings is 1. The molecule has 5 nitrogen and oxygen atoms in total. The smallest absolute Gasteiger partial charge is 0.238 e. The highest BCUT2D eigenvalue weighted by Crippen LogP contribution is 2.29. The fourth-order valence-corrected chi connectivity index (χ4v) is 3.27. The second-order valence-corrected chi connectivity index (χ2v) is 7.21. The van der Waals surface area contributed by atoms with E-state index in [-0.39, 0.29) is 16.7 Å². The zero-order valence-electron chi connectivity index (χ0n) is 11.7. The topological polar surface area (TPSA) is 89.3 Å². The van der Waals surface area contributed by atoms with Crippen molar-refractivity contribution in [2.45, 2.75) is 38.5 Å². The van der Waals surface area contributed by atoms with Crippen molar-refractivity contribution in [3.05, 3.63) is 22.2 Å². The van der Waals surface area contributed by atoms with Gasteiger partial charge in [0.2, 0.25) is 15.9 Å². The molecule has 1 atom stereocenters. The SMILES string of the molecule is CCCC(C)C(=O)Nc1cc(C)c(S(N)(=O)=O)cc1Br. The molecule has 0 spiro atoms. The van der Waals surface area contributed by atoms with E-state index < -0.39 is 10.0 Å². The Morgan fingerprint density at radius 3 is 2.55 bits per heavy atom. The van der Waals surface area contributed by atoms with Crippen LogP contribution in [0.2, 0.25) is 0 Å². The van der Waals surface area contributed by atoms with Crippen molar-refractivity contribution in [1.82, 2.24) is 0 Å². The van der Waals surface area contributed by atoms with E-state index in [0.717, 1.165) is 12.8 Å². The molecule has 0 bridgehead atoms. The Balaban J connectivity index is 3.05. The van der Waals surface area contributed by atoms with E-state index in [1.807, 2.05) is 13.8 Å². The van der Waals surface area contributed by atoms with Crippen LogP contribution in [0.1, 0.15) is 32.3 Å². The molecule has 0 radical (unpaired) electrons. The van der Waals surface area contributed by atoms with E-state index in [4.69, 9.17) is 5.14 Å². The number of sulfonamides is 1. The lowest BCUT2D eigenvalue weighted by atomic mass is 10.1. The summed E-state index contributed by atoms with van der Waals surface area (Å²) in [6, 6.07) is 3.01. The first-order chi connectivity index (χ1) is 9.16. The number of rotatable bonds is 5. The first kappa shape index (κ1) is 17.1. The van der Waals surface area contributed by atoms with Gasteiger partial charge in [-0.15, -0.1) is 0 Å². The van der Waals surface area contributed by atoms with Crippen molar-refractivity contribution in [2.24, 2.45) is 11.1 Å². The quantitative estimate of drug-likeness (QED) is 0.843. The van der Waals surface area contributed by atoms with Gasteiger partial charge < -0.3 is 5.32 Å². The van der Waals surface area contributed by atoms with Gasteiger partial charge in [-0.05, 0) is 47.0 Å². The van der Waals surface area contributed by atoms with Gasteiger partial charge in [-0.2, -0.15) is 0 Å². The van der Waals surface area contributed by atoms with Crippen LogP contribution in [0.25, 0.3) is 0 Å². The number of hydrogen-bond donors (Lipinski definition) is 2. The summed E-state index contributed by atoms with van der Waals surface area (Å²) in [5.41, 5.74) is 1.04. The van der Waals surface area contributed by atoms with Crippen LogP contribution in [0.3, 0.4) is 0 Å². The summed E-state index contributed by atoms with van der Waals surface area (Å²) < 4.78 is 23.3. The second kappa shape index (κ2) is 6.69. The molecule has 0 aliphatic rings. The summed E-state index contributed by atoms with van der Waals surface area (Å²) in [5.74, 6) is -0.180. The van der Waals surface area contributed by atoms with Crippen LogP contribution in [-0.4, -0.2) is 14.3 Å². The average Bonchev–Trinajstić information content (AvgIpc) is 2.32. The molecular weight excluding hydrogens is 344 g/mol. The summed E-state index contributed by atoms with van der Waals surface area (Å²) in [7, 11) is -3.77. The lowest BCUT2D eigenvalue weighted by molar-refractivity contribution is -0.119. The molecule has 0 saturated carbocycles. The van der Waals surface area contributed by atoms with Crippen molar-refractivity contribution in [3.8, 4) is 0 Å². The molecule has 1 unspecified atom stereocenters. The minimum Gasteiger partial charge on any atom is -0.325 e. The van der Waals surface area contributed by atoms with Gasteiger partial charge in [-0.1, -0.05) is 20.3 Å². The molecule has 3 N–H and O–H groups in total. The summed E-state index contributed by atoms with van der Waals surface area (Å²) >= 11 is 3.26. The fourth-order valence-electron chi connectivity index (χ4n) is 1.89. The van der Waals surface area contributed by atoms with Crippen LogP contribution >= 0.6 is 15.9 Å². The van der Waals surface area contributed by atoms with E-state index >= 15 is 0 Å². The zero-order chi connectivity index (χ0) is 15.5. The molecule has 20 heavy (non-hydrogen) atoms. The van der Waals surface area contributed by atoms with Crippen LogP contribution in [-0.2, 0) is 14.8 Å². The van der Waals surface area contributed by atoms with Crippen molar-refractivity contribution in [1.29, 1.82) is 0 Å². The summed E-state index contributed by atoms with van der Waals surface area (Å²) in [6.07, 6.45) is 1.73. The van der Waals surface area contributed by atoms with Crippen molar-refractivity contribution in [2.75, 3.05) is 5.32 Å². The van der Waals surface area contributed by atoms with Gasteiger partial charge in [0, 0.05) is 10.4 Å². The van der Waals surface area contributed by atoms with Crippen molar-refractivity contribution < 1.29 is 13.2 Å². The number of amides is 1. The van der Waals surface area contributed by atoms with Gasteiger partial charge in [0.1, 0.15) is 0 Å². The van der Waals surface area contributed by atoms with Crippen LogP contribution < -0.4 is 10.5 Å². The van der Waals surface area contributed by atoms with Gasteiger partial charge in [-0.3, -0.25) is 4.79 Å². The monoisotopic (exact) mass is 362 g/mol. The Labute approximate surface area is 128 Å². The van der Waals surface area contributed by atoms with Crippen LogP contribution in [0, 0.1) is 12.8 Å². The number of nitrogens with two attached hydrogens (primary N) is 1. The van der Waals surface area contributed by atoms with Gasteiger partial charge in [0.05, 0.1) is 10.6 Å². The number of carbonyl (C=O) groups is 1. The molecule has 7 heteroatoms. The summed E-state index contributed by atoms with van der Waals surface area (Å²) in [5, 5.41) is 7.92. The second-order valence-electron chi connectivity index (χ2n) is 4.82. The molecule has 0 aromatic heterocycles. The zero-order valence-corrected chi connectivity index (χ0v) is 14.1.